The first-order chi connectivity index (χ1) is 15.7. The third-order valence-corrected chi connectivity index (χ3v) is 8.21. The molecule has 2 N–H and O–H groups in total. The van der Waals surface area contributed by atoms with Crippen LogP contribution in [0.5, 0.6) is 0 Å². The molecule has 1 amide bonds. The maximum absolute atomic E-state index is 13.0. The number of nitrogens with one attached hydrogen (secondary N) is 2. The monoisotopic (exact) mass is 422 g/mol. The summed E-state index contributed by atoms with van der Waals surface area (Å²) < 4.78 is 0. The standard InChI is InChI=1S/C29H30N2O/c1-18-7-5-6-10-23(18)17-30-29(32)22-13-14-25-24(16-22)26-20-11-12-21(15-20)27(26)28(31-25)19-8-3-2-4-9-19/h2-10,13-14,16,20-21,26-28,31H,11-12,15,17H2,1H3,(H,30,32)/t20-,21-,26-,27+,28+/m0/s1. The normalized spacial score (nSPS) is 27.3. The molecule has 0 saturated heterocycles. The van der Waals surface area contributed by atoms with E-state index >= 15 is 0 Å². The number of benzene rings is 3. The fourth-order valence-electron chi connectivity index (χ4n) is 6.70. The zero-order valence-electron chi connectivity index (χ0n) is 18.6. The first kappa shape index (κ1) is 19.6. The maximum atomic E-state index is 13.0. The summed E-state index contributed by atoms with van der Waals surface area (Å²) >= 11 is 0. The minimum atomic E-state index is 0.0148. The Balaban J connectivity index is 1.30. The molecule has 3 heteroatoms. The van der Waals surface area contributed by atoms with Crippen molar-refractivity contribution in [2.45, 2.75) is 44.7 Å². The predicted molar refractivity (Wildman–Crippen MR) is 129 cm³/mol. The Labute approximate surface area is 190 Å². The molecule has 0 radical (unpaired) electrons. The summed E-state index contributed by atoms with van der Waals surface area (Å²) in [5.41, 5.74) is 7.11. The van der Waals surface area contributed by atoms with E-state index in [1.165, 1.54) is 47.2 Å². The summed E-state index contributed by atoms with van der Waals surface area (Å²) in [6.07, 6.45) is 4.02. The van der Waals surface area contributed by atoms with Gasteiger partial charge in [-0.05, 0) is 90.3 Å². The number of rotatable bonds is 4. The summed E-state index contributed by atoms with van der Waals surface area (Å²) in [6, 6.07) is 25.8. The van der Waals surface area contributed by atoms with Crippen LogP contribution in [-0.2, 0) is 6.54 Å². The molecule has 5 atom stereocenters. The van der Waals surface area contributed by atoms with E-state index in [4.69, 9.17) is 0 Å². The molecule has 3 aromatic rings. The van der Waals surface area contributed by atoms with E-state index in [1.807, 2.05) is 18.2 Å². The molecule has 32 heavy (non-hydrogen) atoms. The van der Waals surface area contributed by atoms with E-state index in [2.05, 4.69) is 72.2 Å². The summed E-state index contributed by atoms with van der Waals surface area (Å²) in [5.74, 6) is 2.73. The fraction of sp³-hybridized carbons (Fsp3) is 0.345. The van der Waals surface area contributed by atoms with Crippen molar-refractivity contribution in [3.8, 4) is 0 Å². The van der Waals surface area contributed by atoms with Gasteiger partial charge in [0.1, 0.15) is 0 Å². The molecule has 162 valence electrons. The van der Waals surface area contributed by atoms with Crippen molar-refractivity contribution in [2.24, 2.45) is 17.8 Å². The van der Waals surface area contributed by atoms with Gasteiger partial charge in [-0.25, -0.2) is 0 Å². The van der Waals surface area contributed by atoms with Crippen LogP contribution in [-0.4, -0.2) is 5.91 Å². The van der Waals surface area contributed by atoms with Gasteiger partial charge in [-0.3, -0.25) is 4.79 Å². The lowest BCUT2D eigenvalue weighted by Crippen LogP contribution is -2.35. The second-order valence-electron chi connectivity index (χ2n) is 9.88. The largest absolute Gasteiger partial charge is 0.378 e. The molecule has 0 spiro atoms. The van der Waals surface area contributed by atoms with Gasteiger partial charge in [0.25, 0.3) is 5.91 Å². The third-order valence-electron chi connectivity index (χ3n) is 8.21. The highest BCUT2D eigenvalue weighted by atomic mass is 16.1. The minimum Gasteiger partial charge on any atom is -0.378 e. The Morgan fingerprint density at radius 2 is 1.75 bits per heavy atom. The Hall–Kier alpha value is -3.07. The lowest BCUT2D eigenvalue weighted by molar-refractivity contribution is 0.0950. The smallest absolute Gasteiger partial charge is 0.251 e. The van der Waals surface area contributed by atoms with Crippen LogP contribution in [0.1, 0.15) is 63.8 Å². The molecule has 2 bridgehead atoms. The van der Waals surface area contributed by atoms with Gasteiger partial charge in [0, 0.05) is 17.8 Å². The molecular weight excluding hydrogens is 392 g/mol. The van der Waals surface area contributed by atoms with Crippen molar-refractivity contribution in [3.05, 3.63) is 101 Å². The maximum Gasteiger partial charge on any atom is 0.251 e. The Morgan fingerprint density at radius 3 is 2.59 bits per heavy atom. The lowest BCUT2D eigenvalue weighted by Gasteiger charge is -2.43. The summed E-state index contributed by atoms with van der Waals surface area (Å²) in [7, 11) is 0. The average Bonchev–Trinajstić information content (AvgIpc) is 3.46. The quantitative estimate of drug-likeness (QED) is 0.524. The van der Waals surface area contributed by atoms with E-state index in [9.17, 15) is 4.79 Å². The van der Waals surface area contributed by atoms with Crippen LogP contribution in [0.4, 0.5) is 5.69 Å². The number of fused-ring (bicyclic) bond motifs is 7. The third kappa shape index (κ3) is 3.23. The van der Waals surface area contributed by atoms with E-state index in [1.54, 1.807) is 0 Å². The molecular formula is C29H30N2O. The van der Waals surface area contributed by atoms with E-state index in [-0.39, 0.29) is 5.91 Å². The van der Waals surface area contributed by atoms with Crippen molar-refractivity contribution in [3.63, 3.8) is 0 Å². The van der Waals surface area contributed by atoms with Crippen LogP contribution in [0.2, 0.25) is 0 Å². The molecule has 0 unspecified atom stereocenters. The van der Waals surface area contributed by atoms with Crippen molar-refractivity contribution >= 4 is 11.6 Å². The molecule has 3 nitrogen and oxygen atoms in total. The summed E-state index contributed by atoms with van der Waals surface area (Å²) in [5, 5.41) is 7.00. The summed E-state index contributed by atoms with van der Waals surface area (Å²) in [6.45, 7) is 2.65. The SMILES string of the molecule is Cc1ccccc1CNC(=O)c1ccc2c(c1)[C@@H]1[C@H]3CC[C@@H](C3)[C@H]1[C@@H](c1ccccc1)N2. The van der Waals surface area contributed by atoms with Crippen molar-refractivity contribution in [1.82, 2.24) is 5.32 Å². The van der Waals surface area contributed by atoms with Crippen LogP contribution < -0.4 is 10.6 Å². The Morgan fingerprint density at radius 1 is 0.969 bits per heavy atom. The molecule has 6 rings (SSSR count). The number of carbonyl (C=O) groups excluding carboxylic acids is 1. The second-order valence-corrected chi connectivity index (χ2v) is 9.88. The van der Waals surface area contributed by atoms with Crippen molar-refractivity contribution < 1.29 is 4.79 Å². The molecule has 3 aromatic carbocycles. The van der Waals surface area contributed by atoms with Crippen LogP contribution in [0.25, 0.3) is 0 Å². The van der Waals surface area contributed by atoms with Gasteiger partial charge in [-0.1, -0.05) is 54.6 Å². The Kier molecular flexibility index (Phi) is 4.78. The minimum absolute atomic E-state index is 0.0148. The lowest BCUT2D eigenvalue weighted by atomic mass is 9.68. The van der Waals surface area contributed by atoms with Gasteiger partial charge < -0.3 is 10.6 Å². The Bertz CT molecular complexity index is 1150. The van der Waals surface area contributed by atoms with Crippen LogP contribution in [0.15, 0.2) is 72.8 Å². The summed E-state index contributed by atoms with van der Waals surface area (Å²) in [4.78, 5) is 13.0. The van der Waals surface area contributed by atoms with Crippen LogP contribution in [0.3, 0.4) is 0 Å². The van der Waals surface area contributed by atoms with Gasteiger partial charge in [0.2, 0.25) is 0 Å². The number of carbonyl (C=O) groups is 1. The van der Waals surface area contributed by atoms with E-state index in [0.29, 0.717) is 24.4 Å². The van der Waals surface area contributed by atoms with Crippen molar-refractivity contribution in [2.75, 3.05) is 5.32 Å². The zero-order valence-corrected chi connectivity index (χ0v) is 18.6. The molecule has 3 aliphatic rings. The van der Waals surface area contributed by atoms with Gasteiger partial charge in [0.15, 0.2) is 0 Å². The highest BCUT2D eigenvalue weighted by molar-refractivity contribution is 5.95. The molecule has 2 aliphatic carbocycles. The van der Waals surface area contributed by atoms with Gasteiger partial charge >= 0.3 is 0 Å². The number of aryl methyl sites for hydroxylation is 1. The predicted octanol–water partition coefficient (Wildman–Crippen LogP) is 6.22. The highest BCUT2D eigenvalue weighted by Crippen LogP contribution is 2.63. The van der Waals surface area contributed by atoms with E-state index < -0.39 is 0 Å². The molecule has 2 fully saturated rings. The highest BCUT2D eigenvalue weighted by Gasteiger charge is 2.53. The zero-order chi connectivity index (χ0) is 21.7. The van der Waals surface area contributed by atoms with Gasteiger partial charge in [0.05, 0.1) is 6.04 Å². The topological polar surface area (TPSA) is 41.1 Å². The first-order valence-electron chi connectivity index (χ1n) is 12.0. The number of anilines is 1. The molecule has 1 heterocycles. The van der Waals surface area contributed by atoms with Crippen LogP contribution >= 0.6 is 0 Å². The number of hydrogen-bond donors (Lipinski definition) is 2. The number of amides is 1. The molecule has 1 aliphatic heterocycles. The van der Waals surface area contributed by atoms with Crippen LogP contribution in [0, 0.1) is 24.7 Å². The fourth-order valence-corrected chi connectivity index (χ4v) is 6.70. The molecule has 2 saturated carbocycles. The van der Waals surface area contributed by atoms with Gasteiger partial charge in [-0.2, -0.15) is 0 Å². The number of hydrogen-bond acceptors (Lipinski definition) is 2. The second kappa shape index (κ2) is 7.81. The van der Waals surface area contributed by atoms with Crippen molar-refractivity contribution in [1.29, 1.82) is 0 Å². The average molecular weight is 423 g/mol. The van der Waals surface area contributed by atoms with Gasteiger partial charge in [-0.15, -0.1) is 0 Å². The van der Waals surface area contributed by atoms with E-state index in [0.717, 1.165) is 17.4 Å². The first-order valence-corrected chi connectivity index (χ1v) is 12.0. The molecule has 0 aromatic heterocycles.